The van der Waals surface area contributed by atoms with E-state index in [1.807, 2.05) is 26.2 Å². The molecule has 2 N–H and O–H groups in total. The first kappa shape index (κ1) is 15.0. The zero-order valence-electron chi connectivity index (χ0n) is 12.2. The van der Waals surface area contributed by atoms with Crippen molar-refractivity contribution in [1.29, 1.82) is 0 Å². The Balaban J connectivity index is 1.98. The molecule has 0 aliphatic heterocycles. The second kappa shape index (κ2) is 6.88. The van der Waals surface area contributed by atoms with Gasteiger partial charge in [0.1, 0.15) is 5.82 Å². The van der Waals surface area contributed by atoms with Crippen LogP contribution < -0.4 is 10.6 Å². The molecule has 1 amide bonds. The van der Waals surface area contributed by atoms with Crippen molar-refractivity contribution in [3.8, 4) is 0 Å². The van der Waals surface area contributed by atoms with Crippen LogP contribution in [0, 0.1) is 5.82 Å². The molecule has 0 aliphatic rings. The second-order valence-electron chi connectivity index (χ2n) is 4.68. The van der Waals surface area contributed by atoms with Gasteiger partial charge in [-0.2, -0.15) is 5.10 Å². The fourth-order valence-electron chi connectivity index (χ4n) is 2.07. The van der Waals surface area contributed by atoms with Crippen LogP contribution >= 0.6 is 0 Å². The lowest BCUT2D eigenvalue weighted by molar-refractivity contribution is 0.0954. The van der Waals surface area contributed by atoms with Gasteiger partial charge < -0.3 is 10.6 Å². The molecule has 0 aliphatic carbocycles. The molecule has 0 fully saturated rings. The number of nitrogens with one attached hydrogen (secondary N) is 2. The Morgan fingerprint density at radius 1 is 1.38 bits per heavy atom. The van der Waals surface area contributed by atoms with E-state index in [0.717, 1.165) is 5.69 Å². The van der Waals surface area contributed by atoms with Gasteiger partial charge in [-0.1, -0.05) is 6.07 Å². The molecule has 21 heavy (non-hydrogen) atoms. The van der Waals surface area contributed by atoms with Gasteiger partial charge in [0.2, 0.25) is 0 Å². The molecular formula is C15H19FN4O. The molecule has 2 aromatic rings. The van der Waals surface area contributed by atoms with Gasteiger partial charge in [-0.05, 0) is 25.1 Å². The maximum absolute atomic E-state index is 13.7. The molecular weight excluding hydrogens is 271 g/mol. The molecule has 2 rings (SSSR count). The van der Waals surface area contributed by atoms with E-state index in [-0.39, 0.29) is 11.6 Å². The summed E-state index contributed by atoms with van der Waals surface area (Å²) >= 11 is 0. The third-order valence-corrected chi connectivity index (χ3v) is 3.05. The summed E-state index contributed by atoms with van der Waals surface area (Å²) in [7, 11) is 1.84. The van der Waals surface area contributed by atoms with E-state index in [2.05, 4.69) is 15.7 Å². The maximum Gasteiger partial charge on any atom is 0.253 e. The topological polar surface area (TPSA) is 59.0 Å². The van der Waals surface area contributed by atoms with Crippen molar-refractivity contribution in [2.75, 3.05) is 18.4 Å². The molecule has 0 saturated heterocycles. The third kappa shape index (κ3) is 3.81. The van der Waals surface area contributed by atoms with Crippen LogP contribution in [0.5, 0.6) is 0 Å². The van der Waals surface area contributed by atoms with Crippen molar-refractivity contribution in [3.63, 3.8) is 0 Å². The van der Waals surface area contributed by atoms with Gasteiger partial charge in [-0.25, -0.2) is 4.39 Å². The van der Waals surface area contributed by atoms with Crippen LogP contribution in [0.15, 0.2) is 30.5 Å². The van der Waals surface area contributed by atoms with Gasteiger partial charge in [0.25, 0.3) is 5.91 Å². The highest BCUT2D eigenvalue weighted by molar-refractivity contribution is 5.99. The second-order valence-corrected chi connectivity index (χ2v) is 4.68. The lowest BCUT2D eigenvalue weighted by Crippen LogP contribution is -2.27. The van der Waals surface area contributed by atoms with Crippen molar-refractivity contribution in [2.45, 2.75) is 13.3 Å². The number of nitrogens with zero attached hydrogens (tertiary/aromatic N) is 2. The van der Waals surface area contributed by atoms with Gasteiger partial charge in [0.05, 0.1) is 16.9 Å². The summed E-state index contributed by atoms with van der Waals surface area (Å²) in [6.07, 6.45) is 2.49. The Labute approximate surface area is 123 Å². The highest BCUT2D eigenvalue weighted by Gasteiger charge is 2.14. The predicted molar refractivity (Wildman–Crippen MR) is 79.8 cm³/mol. The zero-order valence-corrected chi connectivity index (χ0v) is 12.2. The smallest absolute Gasteiger partial charge is 0.253 e. The first-order valence-electron chi connectivity index (χ1n) is 6.91. The lowest BCUT2D eigenvalue weighted by atomic mass is 10.1. The minimum Gasteiger partial charge on any atom is -0.382 e. The van der Waals surface area contributed by atoms with Gasteiger partial charge in [0, 0.05) is 32.8 Å². The summed E-state index contributed by atoms with van der Waals surface area (Å²) in [4.78, 5) is 12.1. The maximum atomic E-state index is 13.7. The highest BCUT2D eigenvalue weighted by atomic mass is 19.1. The molecule has 112 valence electrons. The first-order valence-corrected chi connectivity index (χ1v) is 6.91. The minimum absolute atomic E-state index is 0.246. The first-order chi connectivity index (χ1) is 10.1. The molecule has 5 nitrogen and oxygen atoms in total. The molecule has 1 aromatic heterocycles. The standard InChI is InChI=1S/C15H19FN4O/c1-3-17-14-12(5-4-6-13(14)16)15(21)18-9-7-11-8-10-20(2)19-11/h4-6,8,10,17H,3,7,9H2,1-2H3,(H,18,21). The van der Waals surface area contributed by atoms with Crippen LogP contribution in [0.3, 0.4) is 0 Å². The molecule has 0 bridgehead atoms. The van der Waals surface area contributed by atoms with E-state index in [9.17, 15) is 9.18 Å². The molecule has 0 spiro atoms. The molecule has 1 aromatic carbocycles. The van der Waals surface area contributed by atoms with Crippen LogP contribution in [0.2, 0.25) is 0 Å². The minimum atomic E-state index is -0.422. The molecule has 6 heteroatoms. The number of aromatic nitrogens is 2. The molecule has 0 saturated carbocycles. The number of hydrogen-bond acceptors (Lipinski definition) is 3. The number of amides is 1. The third-order valence-electron chi connectivity index (χ3n) is 3.05. The summed E-state index contributed by atoms with van der Waals surface area (Å²) < 4.78 is 15.4. The summed E-state index contributed by atoms with van der Waals surface area (Å²) in [6.45, 7) is 2.86. The SMILES string of the molecule is CCNc1c(F)cccc1C(=O)NCCc1ccn(C)n1. The van der Waals surface area contributed by atoms with Gasteiger partial charge >= 0.3 is 0 Å². The van der Waals surface area contributed by atoms with Crippen LogP contribution in [0.4, 0.5) is 10.1 Å². The molecule has 0 radical (unpaired) electrons. The lowest BCUT2D eigenvalue weighted by Gasteiger charge is -2.11. The fourth-order valence-corrected chi connectivity index (χ4v) is 2.07. The van der Waals surface area contributed by atoms with Crippen LogP contribution in [-0.4, -0.2) is 28.8 Å². The van der Waals surface area contributed by atoms with Crippen LogP contribution in [-0.2, 0) is 13.5 Å². The Morgan fingerprint density at radius 2 is 2.19 bits per heavy atom. The Bertz CT molecular complexity index is 624. The predicted octanol–water partition coefficient (Wildman–Crippen LogP) is 1.96. The van der Waals surface area contributed by atoms with Gasteiger partial charge in [-0.15, -0.1) is 0 Å². The highest BCUT2D eigenvalue weighted by Crippen LogP contribution is 2.19. The van der Waals surface area contributed by atoms with E-state index in [0.29, 0.717) is 25.1 Å². The number of anilines is 1. The van der Waals surface area contributed by atoms with Crippen molar-refractivity contribution in [2.24, 2.45) is 7.05 Å². The number of halogens is 1. The fraction of sp³-hybridized carbons (Fsp3) is 0.333. The van der Waals surface area contributed by atoms with Crippen LogP contribution in [0.1, 0.15) is 23.0 Å². The van der Waals surface area contributed by atoms with E-state index >= 15 is 0 Å². The van der Waals surface area contributed by atoms with Crippen molar-refractivity contribution in [1.82, 2.24) is 15.1 Å². The van der Waals surface area contributed by atoms with E-state index in [1.165, 1.54) is 12.1 Å². The Morgan fingerprint density at radius 3 is 2.86 bits per heavy atom. The summed E-state index contributed by atoms with van der Waals surface area (Å²) in [5.41, 5.74) is 1.47. The quantitative estimate of drug-likeness (QED) is 0.855. The Kier molecular flexibility index (Phi) is 4.92. The summed E-state index contributed by atoms with van der Waals surface area (Å²) in [6, 6.07) is 6.38. The van der Waals surface area contributed by atoms with Crippen molar-refractivity contribution in [3.05, 3.63) is 47.5 Å². The monoisotopic (exact) mass is 290 g/mol. The number of carbonyl (C=O) groups excluding carboxylic acids is 1. The summed E-state index contributed by atoms with van der Waals surface area (Å²) in [5.74, 6) is -0.712. The van der Waals surface area contributed by atoms with Gasteiger partial charge in [0.15, 0.2) is 0 Å². The number of hydrogen-bond donors (Lipinski definition) is 2. The molecule has 0 unspecified atom stereocenters. The van der Waals surface area contributed by atoms with E-state index in [1.54, 1.807) is 10.7 Å². The molecule has 1 heterocycles. The number of aryl methyl sites for hydroxylation is 1. The average molecular weight is 290 g/mol. The largest absolute Gasteiger partial charge is 0.382 e. The zero-order chi connectivity index (χ0) is 15.2. The number of benzene rings is 1. The van der Waals surface area contributed by atoms with Crippen molar-refractivity contribution < 1.29 is 9.18 Å². The van der Waals surface area contributed by atoms with Crippen LogP contribution in [0.25, 0.3) is 0 Å². The number of para-hydroxylation sites is 1. The normalized spacial score (nSPS) is 10.4. The van der Waals surface area contributed by atoms with E-state index in [4.69, 9.17) is 0 Å². The Hall–Kier alpha value is -2.37. The van der Waals surface area contributed by atoms with Gasteiger partial charge in [-0.3, -0.25) is 9.48 Å². The molecule has 0 atom stereocenters. The number of rotatable bonds is 6. The van der Waals surface area contributed by atoms with Crippen molar-refractivity contribution >= 4 is 11.6 Å². The number of carbonyl (C=O) groups is 1. The summed E-state index contributed by atoms with van der Waals surface area (Å²) in [5, 5.41) is 9.91. The van der Waals surface area contributed by atoms with E-state index < -0.39 is 5.82 Å². The average Bonchev–Trinajstić information content (AvgIpc) is 2.87.